The Labute approximate surface area is 97.1 Å². The summed E-state index contributed by atoms with van der Waals surface area (Å²) >= 11 is 0. The molecule has 4 nitrogen and oxygen atoms in total. The fraction of sp³-hybridized carbons (Fsp3) is 0.917. The maximum atomic E-state index is 12.1. The molecule has 0 aromatic heterocycles. The normalized spacial score (nSPS) is 39.6. The van der Waals surface area contributed by atoms with Gasteiger partial charge in [0, 0.05) is 6.61 Å². The summed E-state index contributed by atoms with van der Waals surface area (Å²) < 4.78 is 5.52. The first-order chi connectivity index (χ1) is 7.62. The number of rotatable bonds is 2. The molecule has 2 aliphatic heterocycles. The molecule has 2 aliphatic rings. The van der Waals surface area contributed by atoms with Crippen LogP contribution in [0.1, 0.15) is 39.5 Å². The van der Waals surface area contributed by atoms with Crippen LogP contribution in [0.3, 0.4) is 0 Å². The van der Waals surface area contributed by atoms with Gasteiger partial charge in [0.2, 0.25) is 5.91 Å². The van der Waals surface area contributed by atoms with Crippen molar-refractivity contribution >= 4 is 5.91 Å². The van der Waals surface area contributed by atoms with E-state index in [-0.39, 0.29) is 23.6 Å². The number of hydrogen-bond acceptors (Lipinski definition) is 3. The van der Waals surface area contributed by atoms with Gasteiger partial charge in [-0.3, -0.25) is 4.79 Å². The van der Waals surface area contributed by atoms with E-state index in [4.69, 9.17) is 4.74 Å². The third-order valence-corrected chi connectivity index (χ3v) is 3.92. The largest absolute Gasteiger partial charge is 0.376 e. The molecule has 0 aromatic rings. The van der Waals surface area contributed by atoms with E-state index in [1.807, 2.05) is 6.92 Å². The minimum atomic E-state index is -0.184. The van der Waals surface area contributed by atoms with Crippen molar-refractivity contribution in [3.8, 4) is 0 Å². The molecule has 92 valence electrons. The highest BCUT2D eigenvalue weighted by molar-refractivity contribution is 5.82. The second kappa shape index (κ2) is 4.72. The van der Waals surface area contributed by atoms with Crippen molar-refractivity contribution in [2.24, 2.45) is 0 Å². The van der Waals surface area contributed by atoms with Crippen molar-refractivity contribution in [1.29, 1.82) is 0 Å². The SMILES string of the molecule is CC1OCCC1(C)NC(=O)[C@@H]1CCCCN1. The standard InChI is InChI=1S/C12H22N2O2/c1-9-12(2,6-8-16-9)14-11(15)10-5-3-4-7-13-10/h9-10,13H,3-8H2,1-2H3,(H,14,15)/t9?,10-,12?/m0/s1. The number of piperidine rings is 1. The molecule has 2 unspecified atom stereocenters. The van der Waals surface area contributed by atoms with Gasteiger partial charge in [0.1, 0.15) is 0 Å². The third kappa shape index (κ3) is 2.38. The monoisotopic (exact) mass is 226 g/mol. The fourth-order valence-corrected chi connectivity index (χ4v) is 2.44. The van der Waals surface area contributed by atoms with E-state index in [1.165, 1.54) is 6.42 Å². The zero-order chi connectivity index (χ0) is 11.6. The van der Waals surface area contributed by atoms with Crippen LogP contribution < -0.4 is 10.6 Å². The quantitative estimate of drug-likeness (QED) is 0.732. The number of amides is 1. The van der Waals surface area contributed by atoms with Gasteiger partial charge in [-0.05, 0) is 39.7 Å². The van der Waals surface area contributed by atoms with Crippen molar-refractivity contribution < 1.29 is 9.53 Å². The molecule has 0 spiro atoms. The summed E-state index contributed by atoms with van der Waals surface area (Å²) in [6, 6.07) is -0.00150. The Kier molecular flexibility index (Phi) is 3.50. The summed E-state index contributed by atoms with van der Waals surface area (Å²) in [5.74, 6) is 0.138. The number of carbonyl (C=O) groups is 1. The van der Waals surface area contributed by atoms with Gasteiger partial charge in [-0.25, -0.2) is 0 Å². The molecule has 2 N–H and O–H groups in total. The first-order valence-corrected chi connectivity index (χ1v) is 6.29. The Morgan fingerprint density at radius 3 is 2.88 bits per heavy atom. The second-order valence-corrected chi connectivity index (χ2v) is 5.17. The molecular formula is C12H22N2O2. The van der Waals surface area contributed by atoms with Crippen molar-refractivity contribution in [1.82, 2.24) is 10.6 Å². The van der Waals surface area contributed by atoms with Crippen LogP contribution in [0.5, 0.6) is 0 Å². The Bertz CT molecular complexity index is 264. The predicted molar refractivity (Wildman–Crippen MR) is 62.2 cm³/mol. The summed E-state index contributed by atoms with van der Waals surface area (Å²) in [6.07, 6.45) is 4.30. The van der Waals surface area contributed by atoms with E-state index >= 15 is 0 Å². The molecule has 0 saturated carbocycles. The van der Waals surface area contributed by atoms with E-state index in [1.54, 1.807) is 0 Å². The summed E-state index contributed by atoms with van der Waals surface area (Å²) in [7, 11) is 0. The molecule has 0 aliphatic carbocycles. The second-order valence-electron chi connectivity index (χ2n) is 5.17. The first kappa shape index (κ1) is 11.9. The van der Waals surface area contributed by atoms with Gasteiger partial charge in [-0.15, -0.1) is 0 Å². The molecule has 1 amide bonds. The van der Waals surface area contributed by atoms with Gasteiger partial charge < -0.3 is 15.4 Å². The zero-order valence-electron chi connectivity index (χ0n) is 10.2. The Morgan fingerprint density at radius 2 is 2.31 bits per heavy atom. The lowest BCUT2D eigenvalue weighted by atomic mass is 9.93. The first-order valence-electron chi connectivity index (χ1n) is 6.29. The van der Waals surface area contributed by atoms with Crippen LogP contribution in [-0.4, -0.2) is 36.7 Å². The molecule has 0 bridgehead atoms. The van der Waals surface area contributed by atoms with Crippen LogP contribution in [0.25, 0.3) is 0 Å². The molecular weight excluding hydrogens is 204 g/mol. The Morgan fingerprint density at radius 1 is 1.50 bits per heavy atom. The molecule has 0 aromatic carbocycles. The predicted octanol–water partition coefficient (Wildman–Crippen LogP) is 0.812. The fourth-order valence-electron chi connectivity index (χ4n) is 2.44. The smallest absolute Gasteiger partial charge is 0.237 e. The van der Waals surface area contributed by atoms with E-state index in [0.717, 1.165) is 32.4 Å². The van der Waals surface area contributed by atoms with Crippen molar-refractivity contribution in [2.45, 2.75) is 57.2 Å². The van der Waals surface area contributed by atoms with Crippen LogP contribution in [0.2, 0.25) is 0 Å². The number of ether oxygens (including phenoxy) is 1. The lowest BCUT2D eigenvalue weighted by Gasteiger charge is -2.32. The van der Waals surface area contributed by atoms with E-state index < -0.39 is 0 Å². The number of carbonyl (C=O) groups excluding carboxylic acids is 1. The summed E-state index contributed by atoms with van der Waals surface area (Å²) in [5, 5.41) is 6.42. The molecule has 2 rings (SSSR count). The average Bonchev–Trinajstić information content (AvgIpc) is 2.60. The summed E-state index contributed by atoms with van der Waals surface area (Å²) in [4.78, 5) is 12.1. The van der Waals surface area contributed by atoms with Gasteiger partial charge in [0.25, 0.3) is 0 Å². The average molecular weight is 226 g/mol. The summed E-state index contributed by atoms with van der Waals surface area (Å²) in [6.45, 7) is 5.81. The van der Waals surface area contributed by atoms with Gasteiger partial charge in [-0.2, -0.15) is 0 Å². The maximum absolute atomic E-state index is 12.1. The Hall–Kier alpha value is -0.610. The van der Waals surface area contributed by atoms with Gasteiger partial charge >= 0.3 is 0 Å². The van der Waals surface area contributed by atoms with Crippen LogP contribution in [0.4, 0.5) is 0 Å². The zero-order valence-corrected chi connectivity index (χ0v) is 10.2. The lowest BCUT2D eigenvalue weighted by molar-refractivity contribution is -0.126. The van der Waals surface area contributed by atoms with E-state index in [2.05, 4.69) is 17.6 Å². The van der Waals surface area contributed by atoms with Gasteiger partial charge in [0.15, 0.2) is 0 Å². The topological polar surface area (TPSA) is 50.4 Å². The van der Waals surface area contributed by atoms with E-state index in [0.29, 0.717) is 0 Å². The summed E-state index contributed by atoms with van der Waals surface area (Å²) in [5.41, 5.74) is -0.184. The van der Waals surface area contributed by atoms with Crippen molar-refractivity contribution in [3.05, 3.63) is 0 Å². The van der Waals surface area contributed by atoms with Crippen LogP contribution in [-0.2, 0) is 9.53 Å². The van der Waals surface area contributed by atoms with Gasteiger partial charge in [0.05, 0.1) is 17.7 Å². The number of hydrogen-bond donors (Lipinski definition) is 2. The van der Waals surface area contributed by atoms with Crippen LogP contribution in [0, 0.1) is 0 Å². The third-order valence-electron chi connectivity index (χ3n) is 3.92. The molecule has 3 atom stereocenters. The van der Waals surface area contributed by atoms with Crippen molar-refractivity contribution in [3.63, 3.8) is 0 Å². The molecule has 2 saturated heterocycles. The molecule has 16 heavy (non-hydrogen) atoms. The van der Waals surface area contributed by atoms with Crippen molar-refractivity contribution in [2.75, 3.05) is 13.2 Å². The van der Waals surface area contributed by atoms with E-state index in [9.17, 15) is 4.79 Å². The highest BCUT2D eigenvalue weighted by atomic mass is 16.5. The molecule has 2 heterocycles. The van der Waals surface area contributed by atoms with Gasteiger partial charge in [-0.1, -0.05) is 6.42 Å². The molecule has 4 heteroatoms. The minimum Gasteiger partial charge on any atom is -0.376 e. The highest BCUT2D eigenvalue weighted by Crippen LogP contribution is 2.25. The minimum absolute atomic E-state index is 0.00150. The van der Waals surface area contributed by atoms with Crippen LogP contribution >= 0.6 is 0 Å². The maximum Gasteiger partial charge on any atom is 0.237 e. The highest BCUT2D eigenvalue weighted by Gasteiger charge is 2.39. The molecule has 0 radical (unpaired) electrons. The lowest BCUT2D eigenvalue weighted by Crippen LogP contribution is -2.57. The molecule has 2 fully saturated rings. The van der Waals surface area contributed by atoms with Crippen LogP contribution in [0.15, 0.2) is 0 Å². The number of nitrogens with one attached hydrogen (secondary N) is 2. The Balaban J connectivity index is 1.90.